The zero-order valence-corrected chi connectivity index (χ0v) is 20.5. The molecule has 2 aliphatic rings. The standard InChI is InChI=1S/C26H36N5O2/c1-16(2)23-24(18-12-29(3)26(32)30(4)13-18)28-22-11-10-21(27-25(22)23)17-6-8-19(9-7-17)31(5)20-14-33-15-20/h10-13,16-17,19-20,28H,6-9,14-15H2,1-5H3/q+1. The molecule has 1 aliphatic heterocycles. The molecule has 7 nitrogen and oxygen atoms in total. The number of nitrogens with one attached hydrogen (secondary N) is 1. The lowest BCUT2D eigenvalue weighted by Gasteiger charge is -2.42. The zero-order valence-electron chi connectivity index (χ0n) is 20.5. The van der Waals surface area contributed by atoms with Crippen LogP contribution in [0, 0.1) is 0 Å². The summed E-state index contributed by atoms with van der Waals surface area (Å²) in [5, 5.41) is 0. The summed E-state index contributed by atoms with van der Waals surface area (Å²) in [6, 6.07) is 5.67. The predicted molar refractivity (Wildman–Crippen MR) is 129 cm³/mol. The van der Waals surface area contributed by atoms with E-state index in [1.54, 1.807) is 23.2 Å². The Morgan fingerprint density at radius 1 is 1.18 bits per heavy atom. The molecule has 7 heteroatoms. The fourth-order valence-corrected chi connectivity index (χ4v) is 5.59. The highest BCUT2D eigenvalue weighted by molar-refractivity contribution is 5.88. The van der Waals surface area contributed by atoms with Gasteiger partial charge >= 0.3 is 5.69 Å². The SMILES string of the molecule is CC(C)c1c(-c2cn(C)c(=O)[n+](C)c2)[nH]c2ccc(C3CCC(N(C)C4COC4)CC3)nc12. The lowest BCUT2D eigenvalue weighted by molar-refractivity contribution is -0.690. The first-order chi connectivity index (χ1) is 15.8. The summed E-state index contributed by atoms with van der Waals surface area (Å²) >= 11 is 0. The van der Waals surface area contributed by atoms with Gasteiger partial charge in [0.2, 0.25) is 0 Å². The number of H-pyrrole nitrogens is 1. The molecule has 1 saturated carbocycles. The third-order valence-corrected chi connectivity index (χ3v) is 7.72. The van der Waals surface area contributed by atoms with Crippen molar-refractivity contribution in [3.63, 3.8) is 0 Å². The summed E-state index contributed by atoms with van der Waals surface area (Å²) in [6.45, 7) is 6.20. The van der Waals surface area contributed by atoms with Crippen LogP contribution in [0.4, 0.5) is 0 Å². The number of aromatic nitrogens is 4. The average Bonchev–Trinajstić information content (AvgIpc) is 3.15. The van der Waals surface area contributed by atoms with Gasteiger partial charge in [0.05, 0.1) is 55.6 Å². The van der Waals surface area contributed by atoms with Crippen LogP contribution in [0.25, 0.3) is 22.3 Å². The van der Waals surface area contributed by atoms with Gasteiger partial charge in [0.25, 0.3) is 0 Å². The molecule has 2 fully saturated rings. The summed E-state index contributed by atoms with van der Waals surface area (Å²) in [5.41, 5.74) is 6.60. The normalized spacial score (nSPS) is 21.8. The molecule has 3 aromatic rings. The highest BCUT2D eigenvalue weighted by Gasteiger charge is 2.32. The molecule has 176 valence electrons. The molecular weight excluding hydrogens is 414 g/mol. The molecule has 4 heterocycles. The first kappa shape index (κ1) is 22.3. The minimum Gasteiger partial charge on any atom is -0.378 e. The number of rotatable bonds is 5. The Hall–Kier alpha value is -2.51. The van der Waals surface area contributed by atoms with E-state index in [0.29, 0.717) is 23.9 Å². The first-order valence-electron chi connectivity index (χ1n) is 12.2. The Balaban J connectivity index is 1.45. The minimum atomic E-state index is -0.0348. The molecule has 1 saturated heterocycles. The van der Waals surface area contributed by atoms with Gasteiger partial charge in [-0.05, 0) is 50.8 Å². The molecule has 3 aromatic heterocycles. The second kappa shape index (κ2) is 8.69. The van der Waals surface area contributed by atoms with Crippen molar-refractivity contribution in [1.29, 1.82) is 0 Å². The second-order valence-corrected chi connectivity index (χ2v) is 10.3. The Morgan fingerprint density at radius 2 is 1.91 bits per heavy atom. The molecule has 0 spiro atoms. The van der Waals surface area contributed by atoms with Crippen LogP contribution in [0.2, 0.25) is 0 Å². The van der Waals surface area contributed by atoms with E-state index in [1.807, 2.05) is 12.4 Å². The second-order valence-electron chi connectivity index (χ2n) is 10.3. The van der Waals surface area contributed by atoms with E-state index < -0.39 is 0 Å². The molecule has 0 bridgehead atoms. The first-order valence-corrected chi connectivity index (χ1v) is 12.2. The van der Waals surface area contributed by atoms with E-state index in [1.165, 1.54) is 36.9 Å². The van der Waals surface area contributed by atoms with Crippen LogP contribution >= 0.6 is 0 Å². The van der Waals surface area contributed by atoms with E-state index in [9.17, 15) is 4.79 Å². The van der Waals surface area contributed by atoms with Crippen molar-refractivity contribution >= 4 is 11.0 Å². The topological polar surface area (TPSA) is 67.0 Å². The van der Waals surface area contributed by atoms with Crippen molar-refractivity contribution in [1.82, 2.24) is 19.4 Å². The minimum absolute atomic E-state index is 0.0348. The van der Waals surface area contributed by atoms with Gasteiger partial charge in [-0.1, -0.05) is 13.8 Å². The molecule has 0 unspecified atom stereocenters. The van der Waals surface area contributed by atoms with Crippen molar-refractivity contribution in [3.8, 4) is 11.3 Å². The fourth-order valence-electron chi connectivity index (χ4n) is 5.59. The van der Waals surface area contributed by atoms with E-state index in [2.05, 4.69) is 42.9 Å². The summed E-state index contributed by atoms with van der Waals surface area (Å²) in [5.74, 6) is 0.832. The number of ether oxygens (including phenoxy) is 1. The summed E-state index contributed by atoms with van der Waals surface area (Å²) in [7, 11) is 5.86. The van der Waals surface area contributed by atoms with Crippen molar-refractivity contribution in [3.05, 3.63) is 46.3 Å². The zero-order chi connectivity index (χ0) is 23.3. The smallest absolute Gasteiger partial charge is 0.378 e. The van der Waals surface area contributed by atoms with Crippen molar-refractivity contribution in [2.24, 2.45) is 14.1 Å². The van der Waals surface area contributed by atoms with Crippen LogP contribution in [0.5, 0.6) is 0 Å². The van der Waals surface area contributed by atoms with Crippen molar-refractivity contribution < 1.29 is 9.30 Å². The number of pyridine rings is 1. The van der Waals surface area contributed by atoms with Crippen LogP contribution in [0.15, 0.2) is 29.3 Å². The lowest BCUT2D eigenvalue weighted by Crippen LogP contribution is -2.52. The Labute approximate surface area is 195 Å². The van der Waals surface area contributed by atoms with Crippen LogP contribution in [0.1, 0.15) is 62.6 Å². The van der Waals surface area contributed by atoms with Crippen LogP contribution in [-0.2, 0) is 18.8 Å². The molecule has 0 atom stereocenters. The summed E-state index contributed by atoms with van der Waals surface area (Å²) in [6.07, 6.45) is 8.64. The molecule has 1 aliphatic carbocycles. The third-order valence-electron chi connectivity index (χ3n) is 7.72. The van der Waals surface area contributed by atoms with Gasteiger partial charge in [-0.2, -0.15) is 13.9 Å². The molecule has 1 N–H and O–H groups in total. The molecule has 0 radical (unpaired) electrons. The van der Waals surface area contributed by atoms with Gasteiger partial charge in [0, 0.05) is 23.2 Å². The number of hydrogen-bond donors (Lipinski definition) is 1. The lowest BCUT2D eigenvalue weighted by atomic mass is 9.82. The van der Waals surface area contributed by atoms with Gasteiger partial charge in [-0.15, -0.1) is 0 Å². The highest BCUT2D eigenvalue weighted by atomic mass is 16.5. The molecule has 33 heavy (non-hydrogen) atoms. The van der Waals surface area contributed by atoms with Gasteiger partial charge in [-0.25, -0.2) is 0 Å². The Morgan fingerprint density at radius 3 is 2.52 bits per heavy atom. The van der Waals surface area contributed by atoms with Gasteiger partial charge < -0.3 is 9.72 Å². The third kappa shape index (κ3) is 4.02. The highest BCUT2D eigenvalue weighted by Crippen LogP contribution is 2.38. The van der Waals surface area contributed by atoms with E-state index >= 15 is 0 Å². The maximum absolute atomic E-state index is 12.2. The van der Waals surface area contributed by atoms with E-state index in [-0.39, 0.29) is 5.69 Å². The number of likely N-dealkylation sites (N-methyl/N-ethyl adjacent to an activating group) is 1. The predicted octanol–water partition coefficient (Wildman–Crippen LogP) is 3.23. The maximum atomic E-state index is 12.2. The van der Waals surface area contributed by atoms with Crippen LogP contribution in [0.3, 0.4) is 0 Å². The van der Waals surface area contributed by atoms with E-state index in [0.717, 1.165) is 35.5 Å². The Kier molecular flexibility index (Phi) is 5.87. The number of nitrogens with zero attached hydrogens (tertiary/aromatic N) is 4. The van der Waals surface area contributed by atoms with Gasteiger partial charge in [0.1, 0.15) is 12.4 Å². The van der Waals surface area contributed by atoms with Gasteiger partial charge in [0.15, 0.2) is 0 Å². The monoisotopic (exact) mass is 450 g/mol. The molecule has 0 aromatic carbocycles. The average molecular weight is 451 g/mol. The van der Waals surface area contributed by atoms with Crippen LogP contribution < -0.4 is 10.3 Å². The Bertz CT molecular complexity index is 1190. The number of aromatic amines is 1. The molecule has 0 amide bonds. The molecule has 5 rings (SSSR count). The van der Waals surface area contributed by atoms with E-state index in [4.69, 9.17) is 9.72 Å². The van der Waals surface area contributed by atoms with Crippen molar-refractivity contribution in [2.75, 3.05) is 20.3 Å². The maximum Gasteiger partial charge on any atom is 0.497 e. The van der Waals surface area contributed by atoms with Gasteiger partial charge in [-0.3, -0.25) is 9.88 Å². The fraction of sp³-hybridized carbons (Fsp3) is 0.577. The summed E-state index contributed by atoms with van der Waals surface area (Å²) < 4.78 is 8.66. The quantitative estimate of drug-likeness (QED) is 0.606. The number of fused-ring (bicyclic) bond motifs is 1. The van der Waals surface area contributed by atoms with Crippen molar-refractivity contribution in [2.45, 2.75) is 63.5 Å². The molecular formula is C26H36N5O2+. The van der Waals surface area contributed by atoms with Crippen LogP contribution in [-0.4, -0.2) is 51.8 Å². The summed E-state index contributed by atoms with van der Waals surface area (Å²) in [4.78, 5) is 23.5. The number of aryl methyl sites for hydroxylation is 2. The number of hydrogen-bond acceptors (Lipinski definition) is 4. The largest absolute Gasteiger partial charge is 0.497 e.